The van der Waals surface area contributed by atoms with Crippen LogP contribution < -0.4 is 11.0 Å². The number of β-amino-alcohol motifs (C(OH)–C–C–N with tert-alkyl or cyclic N) is 1. The van der Waals surface area contributed by atoms with Crippen LogP contribution in [0.2, 0.25) is 0 Å². The number of nitrogens with zero attached hydrogens (tertiary/aromatic N) is 2. The van der Waals surface area contributed by atoms with Crippen LogP contribution in [0.25, 0.3) is 0 Å². The molecule has 1 rings (SSSR count). The lowest BCUT2D eigenvalue weighted by atomic mass is 10.1. The smallest absolute Gasteiger partial charge is 0.328 e. The Bertz CT molecular complexity index is 426. The highest BCUT2D eigenvalue weighted by molar-refractivity contribution is 4.85. The molecule has 0 radical (unpaired) electrons. The molecule has 0 bridgehead atoms. The Labute approximate surface area is 108 Å². The van der Waals surface area contributed by atoms with Gasteiger partial charge in [0, 0.05) is 30.5 Å². The highest BCUT2D eigenvalue weighted by atomic mass is 16.3. The van der Waals surface area contributed by atoms with Crippen molar-refractivity contribution in [2.45, 2.75) is 58.8 Å². The number of aliphatic hydroxyl groups is 1. The van der Waals surface area contributed by atoms with Crippen molar-refractivity contribution in [2.75, 3.05) is 6.54 Å². The van der Waals surface area contributed by atoms with Gasteiger partial charge in [0.15, 0.2) is 0 Å². The second-order valence-corrected chi connectivity index (χ2v) is 6.02. The van der Waals surface area contributed by atoms with Crippen molar-refractivity contribution in [1.29, 1.82) is 0 Å². The maximum atomic E-state index is 11.9. The molecule has 5 nitrogen and oxygen atoms in total. The topological polar surface area (TPSA) is 59.2 Å². The fraction of sp³-hybridized carbons (Fsp3) is 0.769. The highest BCUT2D eigenvalue weighted by Gasteiger charge is 2.14. The molecule has 1 atom stereocenters. The Morgan fingerprint density at radius 3 is 2.39 bits per heavy atom. The second kappa shape index (κ2) is 5.71. The lowest BCUT2D eigenvalue weighted by molar-refractivity contribution is 0.140. The highest BCUT2D eigenvalue weighted by Crippen LogP contribution is 2.01. The molecule has 2 N–H and O–H groups in total. The monoisotopic (exact) mass is 255 g/mol. The fourth-order valence-electron chi connectivity index (χ4n) is 1.68. The van der Waals surface area contributed by atoms with Gasteiger partial charge in [0.2, 0.25) is 0 Å². The SMILES string of the molecule is CC(C)n1ccn(CC(O)CNC(C)(C)C)c1=O. The average molecular weight is 255 g/mol. The van der Waals surface area contributed by atoms with E-state index in [0.717, 1.165) is 0 Å². The van der Waals surface area contributed by atoms with E-state index < -0.39 is 6.10 Å². The molecule has 0 aliphatic carbocycles. The van der Waals surface area contributed by atoms with Gasteiger partial charge in [0.25, 0.3) is 0 Å². The summed E-state index contributed by atoms with van der Waals surface area (Å²) in [5.41, 5.74) is -0.102. The summed E-state index contributed by atoms with van der Waals surface area (Å²) in [4.78, 5) is 11.9. The molecule has 0 aliphatic rings. The Morgan fingerprint density at radius 2 is 1.94 bits per heavy atom. The Balaban J connectivity index is 2.60. The zero-order chi connectivity index (χ0) is 13.9. The molecule has 0 saturated carbocycles. The summed E-state index contributed by atoms with van der Waals surface area (Å²) in [6.45, 7) is 10.8. The first kappa shape index (κ1) is 15.0. The van der Waals surface area contributed by atoms with Gasteiger partial charge in [-0.05, 0) is 34.6 Å². The van der Waals surface area contributed by atoms with Gasteiger partial charge in [-0.3, -0.25) is 9.13 Å². The predicted molar refractivity (Wildman–Crippen MR) is 72.8 cm³/mol. The number of hydrogen-bond donors (Lipinski definition) is 2. The predicted octanol–water partition coefficient (Wildman–Crippen LogP) is 0.980. The fourth-order valence-corrected chi connectivity index (χ4v) is 1.68. The number of nitrogens with one attached hydrogen (secondary N) is 1. The molecule has 0 aliphatic heterocycles. The quantitative estimate of drug-likeness (QED) is 0.824. The van der Waals surface area contributed by atoms with Gasteiger partial charge < -0.3 is 10.4 Å². The molecule has 1 heterocycles. The zero-order valence-corrected chi connectivity index (χ0v) is 12.0. The summed E-state index contributed by atoms with van der Waals surface area (Å²) in [6.07, 6.45) is 2.92. The van der Waals surface area contributed by atoms with E-state index in [9.17, 15) is 9.90 Å². The molecule has 0 fully saturated rings. The summed E-state index contributed by atoms with van der Waals surface area (Å²) in [5.74, 6) is 0. The number of rotatable bonds is 5. The van der Waals surface area contributed by atoms with Crippen molar-refractivity contribution in [3.63, 3.8) is 0 Å². The van der Waals surface area contributed by atoms with Gasteiger partial charge in [-0.25, -0.2) is 4.79 Å². The molecule has 1 aromatic rings. The molecule has 18 heavy (non-hydrogen) atoms. The third kappa shape index (κ3) is 4.31. The first-order chi connectivity index (χ1) is 8.20. The van der Waals surface area contributed by atoms with Crippen LogP contribution in [0.1, 0.15) is 40.7 Å². The van der Waals surface area contributed by atoms with Gasteiger partial charge in [-0.15, -0.1) is 0 Å². The van der Waals surface area contributed by atoms with E-state index in [2.05, 4.69) is 5.32 Å². The standard InChI is InChI=1S/C13H25N3O2/c1-10(2)16-7-6-15(12(16)18)9-11(17)8-14-13(3,4)5/h6-7,10-11,14,17H,8-9H2,1-5H3. The van der Waals surface area contributed by atoms with Crippen LogP contribution in [0.3, 0.4) is 0 Å². The van der Waals surface area contributed by atoms with Crippen LogP contribution in [-0.2, 0) is 6.54 Å². The van der Waals surface area contributed by atoms with Gasteiger partial charge in [0.05, 0.1) is 12.6 Å². The van der Waals surface area contributed by atoms with Crippen molar-refractivity contribution >= 4 is 0 Å². The molecule has 0 amide bonds. The third-order valence-electron chi connectivity index (χ3n) is 2.71. The molecule has 1 unspecified atom stereocenters. The van der Waals surface area contributed by atoms with Gasteiger partial charge in [0.1, 0.15) is 0 Å². The second-order valence-electron chi connectivity index (χ2n) is 6.02. The molecule has 104 valence electrons. The Hall–Kier alpha value is -1.07. The van der Waals surface area contributed by atoms with E-state index in [4.69, 9.17) is 0 Å². The maximum Gasteiger partial charge on any atom is 0.328 e. The van der Waals surface area contributed by atoms with Crippen LogP contribution in [0.5, 0.6) is 0 Å². The van der Waals surface area contributed by atoms with Crippen LogP contribution in [-0.4, -0.2) is 32.4 Å². The van der Waals surface area contributed by atoms with Gasteiger partial charge in [-0.1, -0.05) is 0 Å². The third-order valence-corrected chi connectivity index (χ3v) is 2.71. The minimum absolute atomic E-state index is 0.0319. The van der Waals surface area contributed by atoms with E-state index in [1.54, 1.807) is 21.5 Å². The molecule has 0 saturated heterocycles. The number of aliphatic hydroxyl groups excluding tert-OH is 1. The normalized spacial score (nSPS) is 14.2. The minimum atomic E-state index is -0.565. The lowest BCUT2D eigenvalue weighted by Gasteiger charge is -2.22. The molecule has 5 heteroatoms. The van der Waals surface area contributed by atoms with Crippen LogP contribution in [0.4, 0.5) is 0 Å². The molecule has 0 spiro atoms. The maximum absolute atomic E-state index is 11.9. The largest absolute Gasteiger partial charge is 0.390 e. The van der Waals surface area contributed by atoms with Crippen molar-refractivity contribution in [1.82, 2.24) is 14.5 Å². The van der Waals surface area contributed by atoms with Crippen LogP contribution in [0.15, 0.2) is 17.2 Å². The summed E-state index contributed by atoms with van der Waals surface area (Å²) in [7, 11) is 0. The van der Waals surface area contributed by atoms with E-state index >= 15 is 0 Å². The Morgan fingerprint density at radius 1 is 1.33 bits per heavy atom. The Kier molecular flexibility index (Phi) is 4.76. The van der Waals surface area contributed by atoms with Crippen molar-refractivity contribution in [3.05, 3.63) is 22.9 Å². The van der Waals surface area contributed by atoms with Crippen molar-refractivity contribution < 1.29 is 5.11 Å². The van der Waals surface area contributed by atoms with E-state index in [1.807, 2.05) is 34.6 Å². The van der Waals surface area contributed by atoms with Gasteiger partial charge >= 0.3 is 5.69 Å². The minimum Gasteiger partial charge on any atom is -0.390 e. The van der Waals surface area contributed by atoms with Crippen molar-refractivity contribution in [3.8, 4) is 0 Å². The van der Waals surface area contributed by atoms with E-state index in [1.165, 1.54) is 0 Å². The summed E-state index contributed by atoms with van der Waals surface area (Å²) >= 11 is 0. The van der Waals surface area contributed by atoms with Crippen LogP contribution >= 0.6 is 0 Å². The van der Waals surface area contributed by atoms with E-state index in [-0.39, 0.29) is 17.3 Å². The van der Waals surface area contributed by atoms with Gasteiger partial charge in [-0.2, -0.15) is 0 Å². The molecular formula is C13H25N3O2. The van der Waals surface area contributed by atoms with Crippen LogP contribution in [0, 0.1) is 0 Å². The molecule has 0 aromatic carbocycles. The zero-order valence-electron chi connectivity index (χ0n) is 12.0. The first-order valence-electron chi connectivity index (χ1n) is 6.41. The molecule has 1 aromatic heterocycles. The summed E-state index contributed by atoms with van der Waals surface area (Å²) < 4.78 is 3.21. The first-order valence-corrected chi connectivity index (χ1v) is 6.41. The van der Waals surface area contributed by atoms with Crippen molar-refractivity contribution in [2.24, 2.45) is 0 Å². The average Bonchev–Trinajstić information content (AvgIpc) is 2.57. The van der Waals surface area contributed by atoms with E-state index in [0.29, 0.717) is 13.1 Å². The molecular weight excluding hydrogens is 230 g/mol. The summed E-state index contributed by atoms with van der Waals surface area (Å²) in [6, 6.07) is 0.142. The lowest BCUT2D eigenvalue weighted by Crippen LogP contribution is -2.42. The number of hydrogen-bond acceptors (Lipinski definition) is 3. The number of aromatic nitrogens is 2. The number of imidazole rings is 1. The summed E-state index contributed by atoms with van der Waals surface area (Å²) in [5, 5.41) is 13.1.